The average Bonchev–Trinajstić information content (AvgIpc) is 2.72. The van der Waals surface area contributed by atoms with Gasteiger partial charge in [0.25, 0.3) is 5.91 Å². The standard InChI is InChI=1S/C21H20FN3O3/c1-27-19-9-6-14(10-20(19)28-2)12-23-17-7-8-18(24-13-17)21(26)25-16-5-3-4-15(22)11-16/h3-11,13,23H,12H2,1-2H3,(H,25,26). The first-order valence-electron chi connectivity index (χ1n) is 8.57. The number of benzene rings is 2. The molecule has 3 rings (SSSR count). The predicted octanol–water partition coefficient (Wildman–Crippen LogP) is 4.10. The quantitative estimate of drug-likeness (QED) is 0.645. The molecule has 0 radical (unpaired) electrons. The van der Waals surface area contributed by atoms with Crippen molar-refractivity contribution in [2.75, 3.05) is 24.9 Å². The summed E-state index contributed by atoms with van der Waals surface area (Å²) in [5, 5.41) is 5.85. The summed E-state index contributed by atoms with van der Waals surface area (Å²) in [6.45, 7) is 0.552. The summed E-state index contributed by atoms with van der Waals surface area (Å²) in [5.41, 5.74) is 2.38. The van der Waals surface area contributed by atoms with Gasteiger partial charge in [0.1, 0.15) is 11.5 Å². The maximum atomic E-state index is 13.2. The van der Waals surface area contributed by atoms with Crippen molar-refractivity contribution in [2.24, 2.45) is 0 Å². The van der Waals surface area contributed by atoms with Crippen LogP contribution < -0.4 is 20.1 Å². The lowest BCUT2D eigenvalue weighted by Gasteiger charge is -2.11. The number of amides is 1. The van der Waals surface area contributed by atoms with E-state index in [1.165, 1.54) is 18.2 Å². The number of hydrogen-bond donors (Lipinski definition) is 2. The van der Waals surface area contributed by atoms with E-state index in [1.807, 2.05) is 18.2 Å². The highest BCUT2D eigenvalue weighted by atomic mass is 19.1. The Bertz CT molecular complexity index is 961. The number of carbonyl (C=O) groups is 1. The first kappa shape index (κ1) is 19.2. The van der Waals surface area contributed by atoms with E-state index in [2.05, 4.69) is 15.6 Å². The fourth-order valence-corrected chi connectivity index (χ4v) is 2.59. The summed E-state index contributed by atoms with van der Waals surface area (Å²) in [6, 6.07) is 14.7. The molecule has 0 saturated heterocycles. The lowest BCUT2D eigenvalue weighted by molar-refractivity contribution is 0.102. The van der Waals surface area contributed by atoms with Crippen LogP contribution in [-0.2, 0) is 6.54 Å². The molecule has 144 valence electrons. The number of methoxy groups -OCH3 is 2. The molecule has 0 aliphatic heterocycles. The molecule has 0 spiro atoms. The molecule has 1 amide bonds. The van der Waals surface area contributed by atoms with Crippen LogP contribution in [0.3, 0.4) is 0 Å². The highest BCUT2D eigenvalue weighted by molar-refractivity contribution is 6.02. The van der Waals surface area contributed by atoms with E-state index in [0.29, 0.717) is 23.7 Å². The maximum Gasteiger partial charge on any atom is 0.274 e. The molecular formula is C21H20FN3O3. The number of aromatic nitrogens is 1. The van der Waals surface area contributed by atoms with Crippen molar-refractivity contribution in [2.45, 2.75) is 6.54 Å². The van der Waals surface area contributed by atoms with Crippen LogP contribution in [-0.4, -0.2) is 25.1 Å². The van der Waals surface area contributed by atoms with Crippen LogP contribution in [0.25, 0.3) is 0 Å². The summed E-state index contributed by atoms with van der Waals surface area (Å²) in [4.78, 5) is 16.4. The molecule has 6 nitrogen and oxygen atoms in total. The summed E-state index contributed by atoms with van der Waals surface area (Å²) < 4.78 is 23.7. The van der Waals surface area contributed by atoms with Gasteiger partial charge in [0.2, 0.25) is 0 Å². The maximum absolute atomic E-state index is 13.2. The van der Waals surface area contributed by atoms with Crippen molar-refractivity contribution >= 4 is 17.3 Å². The van der Waals surface area contributed by atoms with Gasteiger partial charge in [-0.25, -0.2) is 9.37 Å². The van der Waals surface area contributed by atoms with Gasteiger partial charge in [0.15, 0.2) is 11.5 Å². The Morgan fingerprint density at radius 1 is 1.00 bits per heavy atom. The fraction of sp³-hybridized carbons (Fsp3) is 0.143. The van der Waals surface area contributed by atoms with E-state index >= 15 is 0 Å². The van der Waals surface area contributed by atoms with Gasteiger partial charge < -0.3 is 20.1 Å². The van der Waals surface area contributed by atoms with Crippen LogP contribution in [0.2, 0.25) is 0 Å². The van der Waals surface area contributed by atoms with Crippen molar-refractivity contribution < 1.29 is 18.7 Å². The Labute approximate surface area is 162 Å². The largest absolute Gasteiger partial charge is 0.493 e. The van der Waals surface area contributed by atoms with Gasteiger partial charge in [-0.2, -0.15) is 0 Å². The van der Waals surface area contributed by atoms with Crippen molar-refractivity contribution in [3.8, 4) is 11.5 Å². The Morgan fingerprint density at radius 3 is 2.50 bits per heavy atom. The van der Waals surface area contributed by atoms with Crippen LogP contribution in [0.4, 0.5) is 15.8 Å². The molecule has 0 atom stereocenters. The van der Waals surface area contributed by atoms with Gasteiger partial charge in [-0.3, -0.25) is 4.79 Å². The minimum Gasteiger partial charge on any atom is -0.493 e. The Hall–Kier alpha value is -3.61. The SMILES string of the molecule is COc1ccc(CNc2ccc(C(=O)Nc3cccc(F)c3)nc2)cc1OC. The molecule has 3 aromatic rings. The smallest absolute Gasteiger partial charge is 0.274 e. The number of nitrogens with zero attached hydrogens (tertiary/aromatic N) is 1. The monoisotopic (exact) mass is 381 g/mol. The molecule has 0 aliphatic carbocycles. The van der Waals surface area contributed by atoms with E-state index < -0.39 is 11.7 Å². The number of halogens is 1. The number of hydrogen-bond acceptors (Lipinski definition) is 5. The third kappa shape index (κ3) is 4.76. The lowest BCUT2D eigenvalue weighted by atomic mass is 10.2. The number of nitrogens with one attached hydrogen (secondary N) is 2. The molecule has 0 saturated carbocycles. The Morgan fingerprint density at radius 2 is 1.82 bits per heavy atom. The minimum atomic E-state index is -0.416. The predicted molar refractivity (Wildman–Crippen MR) is 105 cm³/mol. The second-order valence-corrected chi connectivity index (χ2v) is 5.94. The van der Waals surface area contributed by atoms with E-state index in [0.717, 1.165) is 11.3 Å². The summed E-state index contributed by atoms with van der Waals surface area (Å²) in [7, 11) is 3.18. The van der Waals surface area contributed by atoms with Gasteiger partial charge in [-0.05, 0) is 48.0 Å². The van der Waals surface area contributed by atoms with Crippen LogP contribution in [0.1, 0.15) is 16.1 Å². The van der Waals surface area contributed by atoms with Crippen molar-refractivity contribution in [3.05, 3.63) is 77.9 Å². The lowest BCUT2D eigenvalue weighted by Crippen LogP contribution is -2.13. The summed E-state index contributed by atoms with van der Waals surface area (Å²) in [6.07, 6.45) is 1.57. The Balaban J connectivity index is 1.60. The zero-order valence-corrected chi connectivity index (χ0v) is 15.5. The molecule has 0 bridgehead atoms. The van der Waals surface area contributed by atoms with E-state index in [1.54, 1.807) is 38.6 Å². The highest BCUT2D eigenvalue weighted by Crippen LogP contribution is 2.27. The third-order valence-electron chi connectivity index (χ3n) is 4.02. The second-order valence-electron chi connectivity index (χ2n) is 5.94. The van der Waals surface area contributed by atoms with Gasteiger partial charge in [-0.1, -0.05) is 12.1 Å². The van der Waals surface area contributed by atoms with E-state index in [9.17, 15) is 9.18 Å². The zero-order valence-electron chi connectivity index (χ0n) is 15.5. The van der Waals surface area contributed by atoms with Crippen LogP contribution in [0, 0.1) is 5.82 Å². The summed E-state index contributed by atoms with van der Waals surface area (Å²) >= 11 is 0. The molecule has 0 aliphatic rings. The molecular weight excluding hydrogens is 361 g/mol. The average molecular weight is 381 g/mol. The molecule has 0 fully saturated rings. The highest BCUT2D eigenvalue weighted by Gasteiger charge is 2.09. The Kier molecular flexibility index (Phi) is 6.06. The van der Waals surface area contributed by atoms with Crippen molar-refractivity contribution in [1.82, 2.24) is 4.98 Å². The molecule has 7 heteroatoms. The molecule has 1 heterocycles. The van der Waals surface area contributed by atoms with Gasteiger partial charge >= 0.3 is 0 Å². The van der Waals surface area contributed by atoms with Crippen LogP contribution in [0.5, 0.6) is 11.5 Å². The second kappa shape index (κ2) is 8.85. The summed E-state index contributed by atoms with van der Waals surface area (Å²) in [5.74, 6) is 0.503. The van der Waals surface area contributed by atoms with Crippen molar-refractivity contribution in [1.29, 1.82) is 0 Å². The van der Waals surface area contributed by atoms with Gasteiger partial charge in [-0.15, -0.1) is 0 Å². The first-order valence-corrected chi connectivity index (χ1v) is 8.57. The third-order valence-corrected chi connectivity index (χ3v) is 4.02. The minimum absolute atomic E-state index is 0.237. The number of anilines is 2. The molecule has 2 aromatic carbocycles. The molecule has 2 N–H and O–H groups in total. The van der Waals surface area contributed by atoms with E-state index in [4.69, 9.17) is 9.47 Å². The topological polar surface area (TPSA) is 72.5 Å². The first-order chi connectivity index (χ1) is 13.6. The van der Waals surface area contributed by atoms with Gasteiger partial charge in [0.05, 0.1) is 26.1 Å². The number of pyridine rings is 1. The number of rotatable bonds is 7. The molecule has 1 aromatic heterocycles. The molecule has 0 unspecified atom stereocenters. The fourth-order valence-electron chi connectivity index (χ4n) is 2.59. The zero-order chi connectivity index (χ0) is 19.9. The van der Waals surface area contributed by atoms with Crippen molar-refractivity contribution in [3.63, 3.8) is 0 Å². The van der Waals surface area contributed by atoms with Gasteiger partial charge in [0, 0.05) is 12.2 Å². The normalized spacial score (nSPS) is 10.2. The van der Waals surface area contributed by atoms with Crippen LogP contribution in [0.15, 0.2) is 60.8 Å². The number of ether oxygens (including phenoxy) is 2. The number of carbonyl (C=O) groups excluding carboxylic acids is 1. The van der Waals surface area contributed by atoms with Crippen LogP contribution >= 0.6 is 0 Å². The molecule has 28 heavy (non-hydrogen) atoms. The van der Waals surface area contributed by atoms with E-state index in [-0.39, 0.29) is 5.69 Å².